The van der Waals surface area contributed by atoms with E-state index in [2.05, 4.69) is 15.9 Å². The molecule has 6 heteroatoms. The molecule has 1 rings (SSSR count). The third kappa shape index (κ3) is 3.46. The molecule has 0 aromatic heterocycles. The molecule has 0 spiro atoms. The van der Waals surface area contributed by atoms with Crippen LogP contribution in [0.4, 0.5) is 0 Å². The Hall–Kier alpha value is -1.56. The number of halogens is 1. The third-order valence-corrected chi connectivity index (χ3v) is 2.89. The predicted octanol–water partition coefficient (Wildman–Crippen LogP) is 2.00. The number of likely N-dealkylation sites (N-methyl/N-ethyl adjacent to an activating group) is 1. The summed E-state index contributed by atoms with van der Waals surface area (Å²) in [5, 5.41) is 8.82. The number of rotatable bonds is 4. The van der Waals surface area contributed by atoms with Gasteiger partial charge in [-0.1, -0.05) is 0 Å². The van der Waals surface area contributed by atoms with Crippen molar-refractivity contribution in [2.45, 2.75) is 13.0 Å². The second kappa shape index (κ2) is 5.86. The Morgan fingerprint density at radius 2 is 2.00 bits per heavy atom. The lowest BCUT2D eigenvalue weighted by Crippen LogP contribution is -2.35. The van der Waals surface area contributed by atoms with Crippen molar-refractivity contribution in [1.82, 2.24) is 4.90 Å². The fraction of sp³-hybridized carbons (Fsp3) is 0.333. The van der Waals surface area contributed by atoms with Crippen LogP contribution < -0.4 is 4.74 Å². The van der Waals surface area contributed by atoms with Crippen LogP contribution in [0.15, 0.2) is 22.7 Å². The van der Waals surface area contributed by atoms with Gasteiger partial charge in [-0.05, 0) is 41.1 Å². The van der Waals surface area contributed by atoms with Gasteiger partial charge in [0.15, 0.2) is 6.10 Å². The molecule has 1 N–H and O–H groups in total. The first kappa shape index (κ1) is 14.5. The Morgan fingerprint density at radius 1 is 1.39 bits per heavy atom. The molecule has 0 heterocycles. The molecule has 1 atom stereocenters. The molecule has 0 saturated carbocycles. The number of hydrogen-bond donors (Lipinski definition) is 1. The molecule has 1 aromatic carbocycles. The molecule has 0 aliphatic rings. The maximum absolute atomic E-state index is 11.6. The number of benzene rings is 1. The van der Waals surface area contributed by atoms with Gasteiger partial charge in [-0.15, -0.1) is 0 Å². The fourth-order valence-electron chi connectivity index (χ4n) is 1.33. The van der Waals surface area contributed by atoms with Crippen LogP contribution >= 0.6 is 15.9 Å². The average molecular weight is 316 g/mol. The first-order valence-electron chi connectivity index (χ1n) is 5.23. The number of carbonyl (C=O) groups is 2. The maximum Gasteiger partial charge on any atom is 0.335 e. The zero-order valence-electron chi connectivity index (χ0n) is 10.3. The van der Waals surface area contributed by atoms with E-state index in [1.807, 2.05) is 0 Å². The second-order valence-corrected chi connectivity index (χ2v) is 4.80. The largest absolute Gasteiger partial charge is 0.480 e. The summed E-state index contributed by atoms with van der Waals surface area (Å²) in [6, 6.07) is 4.38. The molecular weight excluding hydrogens is 302 g/mol. The van der Waals surface area contributed by atoms with Crippen LogP contribution in [0.25, 0.3) is 0 Å². The first-order chi connectivity index (χ1) is 8.32. The van der Waals surface area contributed by atoms with E-state index in [-0.39, 0.29) is 11.5 Å². The highest BCUT2D eigenvalue weighted by Gasteiger charge is 2.18. The molecule has 1 unspecified atom stereocenters. The highest BCUT2D eigenvalue weighted by atomic mass is 79.9. The number of aromatic carboxylic acids is 1. The first-order valence-corrected chi connectivity index (χ1v) is 6.03. The van der Waals surface area contributed by atoms with Crippen molar-refractivity contribution in [1.29, 1.82) is 0 Å². The van der Waals surface area contributed by atoms with Crippen LogP contribution in [-0.2, 0) is 4.79 Å². The molecule has 5 nitrogen and oxygen atoms in total. The van der Waals surface area contributed by atoms with Crippen molar-refractivity contribution in [2.75, 3.05) is 14.1 Å². The monoisotopic (exact) mass is 315 g/mol. The van der Waals surface area contributed by atoms with Crippen LogP contribution in [0.5, 0.6) is 5.75 Å². The molecule has 0 fully saturated rings. The Kier molecular flexibility index (Phi) is 4.72. The normalized spacial score (nSPS) is 11.8. The van der Waals surface area contributed by atoms with Crippen molar-refractivity contribution < 1.29 is 19.4 Å². The molecule has 98 valence electrons. The highest BCUT2D eigenvalue weighted by Crippen LogP contribution is 2.27. The minimum absolute atomic E-state index is 0.154. The molecule has 1 amide bonds. The quantitative estimate of drug-likeness (QED) is 0.923. The van der Waals surface area contributed by atoms with E-state index in [0.29, 0.717) is 10.2 Å². The Morgan fingerprint density at radius 3 is 2.44 bits per heavy atom. The summed E-state index contributed by atoms with van der Waals surface area (Å²) in [6.07, 6.45) is -0.632. The van der Waals surface area contributed by atoms with Crippen molar-refractivity contribution in [3.8, 4) is 5.75 Å². The molecule has 1 aromatic rings. The lowest BCUT2D eigenvalue weighted by atomic mass is 10.2. The number of nitrogens with zero attached hydrogens (tertiary/aromatic N) is 1. The summed E-state index contributed by atoms with van der Waals surface area (Å²) in [5.41, 5.74) is 0.154. The smallest absolute Gasteiger partial charge is 0.335 e. The van der Waals surface area contributed by atoms with Crippen LogP contribution in [0.1, 0.15) is 17.3 Å². The third-order valence-electron chi connectivity index (χ3n) is 2.27. The molecule has 0 radical (unpaired) electrons. The zero-order valence-corrected chi connectivity index (χ0v) is 11.9. The number of amides is 1. The van der Waals surface area contributed by atoms with E-state index < -0.39 is 12.1 Å². The van der Waals surface area contributed by atoms with Gasteiger partial charge in [0, 0.05) is 14.1 Å². The Bertz CT molecular complexity index is 473. The van der Waals surface area contributed by atoms with Crippen molar-refractivity contribution in [2.24, 2.45) is 0 Å². The van der Waals surface area contributed by atoms with Gasteiger partial charge in [-0.3, -0.25) is 4.79 Å². The van der Waals surface area contributed by atoms with Gasteiger partial charge in [0.25, 0.3) is 5.91 Å². The van der Waals surface area contributed by atoms with Crippen LogP contribution in [0.3, 0.4) is 0 Å². The number of carboxylic acid groups (broad SMARTS) is 1. The minimum atomic E-state index is -1.01. The van der Waals surface area contributed by atoms with Crippen LogP contribution in [0.2, 0.25) is 0 Å². The molecular formula is C12H14BrNO4. The van der Waals surface area contributed by atoms with Crippen molar-refractivity contribution in [3.63, 3.8) is 0 Å². The van der Waals surface area contributed by atoms with E-state index >= 15 is 0 Å². The highest BCUT2D eigenvalue weighted by molar-refractivity contribution is 9.10. The minimum Gasteiger partial charge on any atom is -0.480 e. The van der Waals surface area contributed by atoms with Crippen LogP contribution in [0, 0.1) is 0 Å². The fourth-order valence-corrected chi connectivity index (χ4v) is 1.81. The van der Waals surface area contributed by atoms with Gasteiger partial charge >= 0.3 is 5.97 Å². The molecule has 0 bridgehead atoms. The van der Waals surface area contributed by atoms with Gasteiger partial charge in [0.2, 0.25) is 0 Å². The van der Waals surface area contributed by atoms with Gasteiger partial charge < -0.3 is 14.7 Å². The average Bonchev–Trinajstić information content (AvgIpc) is 2.30. The lowest BCUT2D eigenvalue weighted by Gasteiger charge is -2.19. The predicted molar refractivity (Wildman–Crippen MR) is 69.9 cm³/mol. The van der Waals surface area contributed by atoms with E-state index in [9.17, 15) is 9.59 Å². The van der Waals surface area contributed by atoms with E-state index in [0.717, 1.165) is 0 Å². The number of carbonyl (C=O) groups excluding carboxylic acids is 1. The SMILES string of the molecule is CC(Oc1ccc(C(=O)O)cc1Br)C(=O)N(C)C. The summed E-state index contributed by atoms with van der Waals surface area (Å²) in [7, 11) is 3.29. The second-order valence-electron chi connectivity index (χ2n) is 3.94. The zero-order chi connectivity index (χ0) is 13.9. The van der Waals surface area contributed by atoms with E-state index in [1.165, 1.54) is 23.1 Å². The number of carboxylic acids is 1. The molecule has 18 heavy (non-hydrogen) atoms. The number of ether oxygens (including phenoxy) is 1. The van der Waals surface area contributed by atoms with Crippen molar-refractivity contribution in [3.05, 3.63) is 28.2 Å². The van der Waals surface area contributed by atoms with Gasteiger partial charge in [-0.25, -0.2) is 4.79 Å². The summed E-state index contributed by atoms with van der Waals surface area (Å²) in [6.45, 7) is 1.64. The summed E-state index contributed by atoms with van der Waals surface area (Å²) in [4.78, 5) is 23.8. The van der Waals surface area contributed by atoms with Gasteiger partial charge in [-0.2, -0.15) is 0 Å². The van der Waals surface area contributed by atoms with Gasteiger partial charge in [0.05, 0.1) is 10.0 Å². The lowest BCUT2D eigenvalue weighted by molar-refractivity contribution is -0.135. The molecule has 0 saturated heterocycles. The molecule has 0 aliphatic heterocycles. The standard InChI is InChI=1S/C12H14BrNO4/c1-7(11(15)14(2)3)18-10-5-4-8(12(16)17)6-9(10)13/h4-7H,1-3H3,(H,16,17). The Balaban J connectivity index is 2.86. The topological polar surface area (TPSA) is 66.8 Å². The van der Waals surface area contributed by atoms with Crippen molar-refractivity contribution >= 4 is 27.8 Å². The molecule has 0 aliphatic carbocycles. The van der Waals surface area contributed by atoms with Crippen LogP contribution in [-0.4, -0.2) is 42.1 Å². The Labute approximate surface area is 113 Å². The van der Waals surface area contributed by atoms with Gasteiger partial charge in [0.1, 0.15) is 5.75 Å². The summed E-state index contributed by atoms with van der Waals surface area (Å²) >= 11 is 3.22. The summed E-state index contributed by atoms with van der Waals surface area (Å²) in [5.74, 6) is -0.744. The van der Waals surface area contributed by atoms with E-state index in [4.69, 9.17) is 9.84 Å². The number of hydrogen-bond acceptors (Lipinski definition) is 3. The maximum atomic E-state index is 11.6. The summed E-state index contributed by atoms with van der Waals surface area (Å²) < 4.78 is 5.97. The van der Waals surface area contributed by atoms with E-state index in [1.54, 1.807) is 21.0 Å².